The van der Waals surface area contributed by atoms with Crippen molar-refractivity contribution in [2.75, 3.05) is 11.1 Å². The highest BCUT2D eigenvalue weighted by atomic mass is 35.5. The first kappa shape index (κ1) is 18.5. The number of esters is 1. The van der Waals surface area contributed by atoms with Gasteiger partial charge in [0.15, 0.2) is 12.4 Å². The highest BCUT2D eigenvalue weighted by molar-refractivity contribution is 6.30. The smallest absolute Gasteiger partial charge is 0.341 e. The molecule has 1 heterocycles. The van der Waals surface area contributed by atoms with Gasteiger partial charge < -0.3 is 15.8 Å². The summed E-state index contributed by atoms with van der Waals surface area (Å²) >= 11 is 5.77. The fourth-order valence-electron chi connectivity index (χ4n) is 2.19. The normalized spacial score (nSPS) is 10.5. The number of carbonyl (C=O) groups excluding carboxylic acids is 1. The average molecular weight is 388 g/mol. The summed E-state index contributed by atoms with van der Waals surface area (Å²) in [5, 5.41) is 3.21. The second-order valence-corrected chi connectivity index (χ2v) is 6.06. The fraction of sp³-hybridized carbons (Fsp3) is 0.111. The lowest BCUT2D eigenvalue weighted by Crippen LogP contribution is -2.12. The van der Waals surface area contributed by atoms with Crippen molar-refractivity contribution in [1.82, 2.24) is 15.0 Å². The third-order valence-corrected chi connectivity index (χ3v) is 3.72. The van der Waals surface area contributed by atoms with Crippen LogP contribution in [0.5, 0.6) is 0 Å². The van der Waals surface area contributed by atoms with E-state index in [1.165, 1.54) is 12.1 Å². The Morgan fingerprint density at radius 3 is 2.67 bits per heavy atom. The molecule has 0 radical (unpaired) electrons. The molecule has 0 unspecified atom stereocenters. The minimum Gasteiger partial charge on any atom is -0.454 e. The quantitative estimate of drug-likeness (QED) is 0.644. The molecule has 3 rings (SSSR count). The monoisotopic (exact) mass is 387 g/mol. The van der Waals surface area contributed by atoms with Crippen LogP contribution in [0.25, 0.3) is 0 Å². The molecule has 0 aliphatic rings. The van der Waals surface area contributed by atoms with Crippen molar-refractivity contribution in [2.45, 2.75) is 13.5 Å². The first-order valence-electron chi connectivity index (χ1n) is 7.87. The van der Waals surface area contributed by atoms with Crippen LogP contribution < -0.4 is 11.1 Å². The Bertz CT molecular complexity index is 982. The number of nitrogens with two attached hydrogens (primary N) is 1. The lowest BCUT2D eigenvalue weighted by atomic mass is 10.2. The SMILES string of the molecule is Cc1ccc(Nc2nc(N)nc(COC(=O)c3cc(Cl)ccc3F)n2)cc1. The maximum atomic E-state index is 13.7. The maximum absolute atomic E-state index is 13.7. The predicted molar refractivity (Wildman–Crippen MR) is 99.2 cm³/mol. The number of aryl methyl sites for hydroxylation is 1. The molecule has 3 aromatic rings. The summed E-state index contributed by atoms with van der Waals surface area (Å²) in [5.74, 6) is -1.35. The van der Waals surface area contributed by atoms with Crippen molar-refractivity contribution in [2.24, 2.45) is 0 Å². The minimum atomic E-state index is -0.887. The second kappa shape index (κ2) is 7.96. The molecule has 9 heteroatoms. The fourth-order valence-corrected chi connectivity index (χ4v) is 2.36. The first-order chi connectivity index (χ1) is 12.9. The molecule has 0 fully saturated rings. The van der Waals surface area contributed by atoms with E-state index in [0.717, 1.165) is 17.3 Å². The number of rotatable bonds is 5. The lowest BCUT2D eigenvalue weighted by Gasteiger charge is -2.09. The van der Waals surface area contributed by atoms with E-state index in [4.69, 9.17) is 22.1 Å². The zero-order chi connectivity index (χ0) is 19.4. The third kappa shape index (κ3) is 4.89. The van der Waals surface area contributed by atoms with E-state index in [1.807, 2.05) is 31.2 Å². The van der Waals surface area contributed by atoms with Gasteiger partial charge in [0.2, 0.25) is 11.9 Å². The molecular formula is C18H15ClFN5O2. The molecule has 27 heavy (non-hydrogen) atoms. The zero-order valence-electron chi connectivity index (χ0n) is 14.2. The molecule has 0 aliphatic carbocycles. The molecule has 138 valence electrons. The van der Waals surface area contributed by atoms with Crippen LogP contribution in [0.1, 0.15) is 21.7 Å². The van der Waals surface area contributed by atoms with Crippen LogP contribution in [0, 0.1) is 12.7 Å². The number of nitrogens with one attached hydrogen (secondary N) is 1. The minimum absolute atomic E-state index is 0.0420. The number of aromatic nitrogens is 3. The van der Waals surface area contributed by atoms with E-state index in [-0.39, 0.29) is 34.9 Å². The molecule has 7 nitrogen and oxygen atoms in total. The highest BCUT2D eigenvalue weighted by Crippen LogP contribution is 2.17. The molecule has 0 saturated carbocycles. The second-order valence-electron chi connectivity index (χ2n) is 5.62. The van der Waals surface area contributed by atoms with E-state index in [2.05, 4.69) is 20.3 Å². The van der Waals surface area contributed by atoms with Crippen molar-refractivity contribution < 1.29 is 13.9 Å². The van der Waals surface area contributed by atoms with E-state index in [9.17, 15) is 9.18 Å². The summed E-state index contributed by atoms with van der Waals surface area (Å²) in [5.41, 5.74) is 7.27. The summed E-state index contributed by atoms with van der Waals surface area (Å²) in [6.45, 7) is 1.67. The maximum Gasteiger partial charge on any atom is 0.341 e. The van der Waals surface area contributed by atoms with Crippen molar-refractivity contribution in [3.8, 4) is 0 Å². The Morgan fingerprint density at radius 1 is 1.19 bits per heavy atom. The van der Waals surface area contributed by atoms with Crippen LogP contribution in [-0.2, 0) is 11.3 Å². The topological polar surface area (TPSA) is 103 Å². The number of halogens is 2. The van der Waals surface area contributed by atoms with Gasteiger partial charge in [-0.15, -0.1) is 0 Å². The first-order valence-corrected chi connectivity index (χ1v) is 8.25. The number of carbonyl (C=O) groups is 1. The molecule has 3 N–H and O–H groups in total. The molecule has 0 amide bonds. The molecule has 0 bridgehead atoms. The van der Waals surface area contributed by atoms with Crippen LogP contribution in [0.2, 0.25) is 5.02 Å². The van der Waals surface area contributed by atoms with Crippen molar-refractivity contribution >= 4 is 35.2 Å². The standard InChI is InChI=1S/C18H15ClFN5O2/c1-10-2-5-12(6-3-10)22-18-24-15(23-17(21)25-18)9-27-16(26)13-8-11(19)4-7-14(13)20/h2-8H,9H2,1H3,(H3,21,22,23,24,25). The van der Waals surface area contributed by atoms with E-state index in [1.54, 1.807) is 0 Å². The Labute approximate surface area is 159 Å². The van der Waals surface area contributed by atoms with Gasteiger partial charge in [0.1, 0.15) is 5.82 Å². The molecule has 0 saturated heterocycles. The summed E-state index contributed by atoms with van der Waals surface area (Å²) in [6, 6.07) is 11.2. The molecule has 0 atom stereocenters. The molecule has 2 aromatic carbocycles. The molecule has 1 aromatic heterocycles. The Balaban J connectivity index is 1.71. The van der Waals surface area contributed by atoms with Crippen LogP contribution >= 0.6 is 11.6 Å². The summed E-state index contributed by atoms with van der Waals surface area (Å²) in [4.78, 5) is 24.1. The average Bonchev–Trinajstić information content (AvgIpc) is 2.63. The van der Waals surface area contributed by atoms with Crippen molar-refractivity contribution in [3.63, 3.8) is 0 Å². The van der Waals surface area contributed by atoms with Gasteiger partial charge in [0.25, 0.3) is 0 Å². The van der Waals surface area contributed by atoms with Gasteiger partial charge in [0, 0.05) is 10.7 Å². The van der Waals surface area contributed by atoms with Crippen molar-refractivity contribution in [3.05, 3.63) is 70.3 Å². The number of hydrogen-bond donors (Lipinski definition) is 2. The van der Waals surface area contributed by atoms with Gasteiger partial charge in [0.05, 0.1) is 5.56 Å². The summed E-state index contributed by atoms with van der Waals surface area (Å²) in [7, 11) is 0. The van der Waals surface area contributed by atoms with Crippen LogP contribution in [0.3, 0.4) is 0 Å². The van der Waals surface area contributed by atoms with Gasteiger partial charge >= 0.3 is 5.97 Å². The van der Waals surface area contributed by atoms with Crippen molar-refractivity contribution in [1.29, 1.82) is 0 Å². The van der Waals surface area contributed by atoms with E-state index >= 15 is 0 Å². The molecule has 0 aliphatic heterocycles. The summed E-state index contributed by atoms with van der Waals surface area (Å²) in [6.07, 6.45) is 0. The number of hydrogen-bond acceptors (Lipinski definition) is 7. The van der Waals surface area contributed by atoms with Gasteiger partial charge in [-0.25, -0.2) is 9.18 Å². The number of benzene rings is 2. The van der Waals surface area contributed by atoms with Gasteiger partial charge in [-0.3, -0.25) is 0 Å². The predicted octanol–water partition coefficient (Wildman–Crippen LogP) is 3.66. The zero-order valence-corrected chi connectivity index (χ0v) is 15.0. The van der Waals surface area contributed by atoms with Gasteiger partial charge in [-0.1, -0.05) is 29.3 Å². The van der Waals surface area contributed by atoms with Crippen LogP contribution in [-0.4, -0.2) is 20.9 Å². The Hall–Kier alpha value is -3.26. The van der Waals surface area contributed by atoms with Gasteiger partial charge in [-0.05, 0) is 37.3 Å². The molecular weight excluding hydrogens is 373 g/mol. The molecule has 0 spiro atoms. The van der Waals surface area contributed by atoms with E-state index in [0.29, 0.717) is 0 Å². The number of anilines is 3. The largest absolute Gasteiger partial charge is 0.454 e. The van der Waals surface area contributed by atoms with Gasteiger partial charge in [-0.2, -0.15) is 15.0 Å². The summed E-state index contributed by atoms with van der Waals surface area (Å²) < 4.78 is 18.8. The Morgan fingerprint density at radius 2 is 1.93 bits per heavy atom. The van der Waals surface area contributed by atoms with Crippen LogP contribution in [0.15, 0.2) is 42.5 Å². The highest BCUT2D eigenvalue weighted by Gasteiger charge is 2.15. The number of nitrogens with zero attached hydrogens (tertiary/aromatic N) is 3. The van der Waals surface area contributed by atoms with Crippen LogP contribution in [0.4, 0.5) is 22.0 Å². The van der Waals surface area contributed by atoms with E-state index < -0.39 is 11.8 Å². The number of nitrogen functional groups attached to an aromatic ring is 1. The Kier molecular flexibility index (Phi) is 5.46. The number of ether oxygens (including phenoxy) is 1. The third-order valence-electron chi connectivity index (χ3n) is 3.49. The lowest BCUT2D eigenvalue weighted by molar-refractivity contribution is 0.0457.